The second-order valence-electron chi connectivity index (χ2n) is 6.94. The van der Waals surface area contributed by atoms with E-state index in [2.05, 4.69) is 27.4 Å². The number of aromatic nitrogens is 2. The zero-order valence-corrected chi connectivity index (χ0v) is 15.8. The SMILES string of the molecule is CN1CCNCC1c1noc(-c2ccc3c(c2)CCCN3S(C)(=O)=O)n1. The molecule has 1 fully saturated rings. The van der Waals surface area contributed by atoms with Crippen molar-refractivity contribution < 1.29 is 12.9 Å². The lowest BCUT2D eigenvalue weighted by atomic mass is 10.0. The van der Waals surface area contributed by atoms with Gasteiger partial charge >= 0.3 is 0 Å². The van der Waals surface area contributed by atoms with Crippen LogP contribution in [0.1, 0.15) is 23.9 Å². The Labute approximate surface area is 153 Å². The van der Waals surface area contributed by atoms with Gasteiger partial charge < -0.3 is 9.84 Å². The molecule has 1 saturated heterocycles. The predicted molar refractivity (Wildman–Crippen MR) is 98.5 cm³/mol. The highest BCUT2D eigenvalue weighted by atomic mass is 32.2. The highest BCUT2D eigenvalue weighted by Gasteiger charge is 2.27. The van der Waals surface area contributed by atoms with Gasteiger partial charge in [-0.1, -0.05) is 5.16 Å². The molecular weight excluding hydrogens is 354 g/mol. The minimum absolute atomic E-state index is 0.0969. The normalized spacial score (nSPS) is 21.6. The van der Waals surface area contributed by atoms with Gasteiger partial charge in [0.15, 0.2) is 5.82 Å². The zero-order chi connectivity index (χ0) is 18.3. The molecule has 1 aromatic carbocycles. The maximum Gasteiger partial charge on any atom is 0.257 e. The van der Waals surface area contributed by atoms with Crippen molar-refractivity contribution in [3.05, 3.63) is 29.6 Å². The third-order valence-corrected chi connectivity index (χ3v) is 6.23. The Kier molecular flexibility index (Phi) is 4.45. The number of hydrogen-bond acceptors (Lipinski definition) is 7. The van der Waals surface area contributed by atoms with Gasteiger partial charge in [-0.3, -0.25) is 9.21 Å². The van der Waals surface area contributed by atoms with Gasteiger partial charge in [0.2, 0.25) is 10.0 Å². The van der Waals surface area contributed by atoms with Crippen LogP contribution in [0.15, 0.2) is 22.7 Å². The molecule has 0 amide bonds. The third kappa shape index (κ3) is 3.22. The van der Waals surface area contributed by atoms with Crippen LogP contribution in [0, 0.1) is 0 Å². The molecule has 0 aliphatic carbocycles. The van der Waals surface area contributed by atoms with E-state index in [1.54, 1.807) is 0 Å². The topological polar surface area (TPSA) is 91.6 Å². The number of sulfonamides is 1. The molecule has 3 heterocycles. The summed E-state index contributed by atoms with van der Waals surface area (Å²) in [7, 11) is -1.21. The molecule has 4 rings (SSSR count). The molecule has 2 aliphatic heterocycles. The van der Waals surface area contributed by atoms with E-state index in [1.807, 2.05) is 18.2 Å². The van der Waals surface area contributed by atoms with Crippen LogP contribution < -0.4 is 9.62 Å². The molecule has 26 heavy (non-hydrogen) atoms. The first-order valence-corrected chi connectivity index (χ1v) is 10.6. The van der Waals surface area contributed by atoms with Gasteiger partial charge in [-0.2, -0.15) is 4.98 Å². The molecule has 2 aromatic rings. The maximum absolute atomic E-state index is 12.0. The van der Waals surface area contributed by atoms with Crippen molar-refractivity contribution in [1.82, 2.24) is 20.4 Å². The van der Waals surface area contributed by atoms with E-state index in [4.69, 9.17) is 4.52 Å². The van der Waals surface area contributed by atoms with E-state index in [0.29, 0.717) is 18.3 Å². The number of nitrogens with zero attached hydrogens (tertiary/aromatic N) is 4. The first-order chi connectivity index (χ1) is 12.4. The second kappa shape index (κ2) is 6.64. The van der Waals surface area contributed by atoms with Crippen molar-refractivity contribution in [2.45, 2.75) is 18.9 Å². The molecule has 0 bridgehead atoms. The standard InChI is InChI=1S/C17H23N5O3S/c1-21-9-7-18-11-15(21)16-19-17(25-20-16)13-5-6-14-12(10-13)4-3-8-22(14)26(2,23)24/h5-6,10,15,18H,3-4,7-9,11H2,1-2H3. The molecule has 0 radical (unpaired) electrons. The number of benzene rings is 1. The maximum atomic E-state index is 12.0. The van der Waals surface area contributed by atoms with Gasteiger partial charge in [0.05, 0.1) is 18.0 Å². The zero-order valence-electron chi connectivity index (χ0n) is 15.0. The summed E-state index contributed by atoms with van der Waals surface area (Å²) in [5, 5.41) is 7.51. The summed E-state index contributed by atoms with van der Waals surface area (Å²) in [5.41, 5.74) is 2.57. The minimum Gasteiger partial charge on any atom is -0.334 e. The lowest BCUT2D eigenvalue weighted by Crippen LogP contribution is -2.44. The molecule has 1 aromatic heterocycles. The van der Waals surface area contributed by atoms with E-state index in [-0.39, 0.29) is 6.04 Å². The number of likely N-dealkylation sites (N-methyl/N-ethyl adjacent to an activating group) is 1. The van der Waals surface area contributed by atoms with Crippen LogP contribution in [0.5, 0.6) is 0 Å². The van der Waals surface area contributed by atoms with Gasteiger partial charge in [-0.05, 0) is 43.7 Å². The average molecular weight is 377 g/mol. The summed E-state index contributed by atoms with van der Waals surface area (Å²) in [6.07, 6.45) is 2.89. The number of rotatable bonds is 3. The van der Waals surface area contributed by atoms with Crippen molar-refractivity contribution in [2.75, 3.05) is 43.8 Å². The number of aryl methyl sites for hydroxylation is 1. The van der Waals surface area contributed by atoms with Crippen LogP contribution in [-0.2, 0) is 16.4 Å². The first-order valence-electron chi connectivity index (χ1n) is 8.79. The van der Waals surface area contributed by atoms with E-state index < -0.39 is 10.0 Å². The Morgan fingerprint density at radius 1 is 1.31 bits per heavy atom. The Morgan fingerprint density at radius 2 is 2.15 bits per heavy atom. The van der Waals surface area contributed by atoms with Crippen LogP contribution >= 0.6 is 0 Å². The Balaban J connectivity index is 1.64. The highest BCUT2D eigenvalue weighted by Crippen LogP contribution is 2.33. The number of hydrogen-bond donors (Lipinski definition) is 1. The van der Waals surface area contributed by atoms with Gasteiger partial charge in [-0.25, -0.2) is 8.42 Å². The number of anilines is 1. The van der Waals surface area contributed by atoms with E-state index >= 15 is 0 Å². The molecule has 2 aliphatic rings. The average Bonchev–Trinajstić information content (AvgIpc) is 3.10. The van der Waals surface area contributed by atoms with Gasteiger partial charge in [-0.15, -0.1) is 0 Å². The predicted octanol–water partition coefficient (Wildman–Crippen LogP) is 1.02. The monoisotopic (exact) mass is 377 g/mol. The molecule has 9 heteroatoms. The highest BCUT2D eigenvalue weighted by molar-refractivity contribution is 7.92. The quantitative estimate of drug-likeness (QED) is 0.854. The molecular formula is C17H23N5O3S. The summed E-state index contributed by atoms with van der Waals surface area (Å²) < 4.78 is 30.9. The fourth-order valence-electron chi connectivity index (χ4n) is 3.62. The number of fused-ring (bicyclic) bond motifs is 1. The van der Waals surface area contributed by atoms with Crippen molar-refractivity contribution in [3.8, 4) is 11.5 Å². The van der Waals surface area contributed by atoms with Gasteiger partial charge in [0.1, 0.15) is 0 Å². The summed E-state index contributed by atoms with van der Waals surface area (Å²) in [5.74, 6) is 1.14. The lowest BCUT2D eigenvalue weighted by Gasteiger charge is -2.30. The molecule has 1 N–H and O–H groups in total. The van der Waals surface area contributed by atoms with Crippen LogP contribution in [0.25, 0.3) is 11.5 Å². The fraction of sp³-hybridized carbons (Fsp3) is 0.529. The van der Waals surface area contributed by atoms with Crippen molar-refractivity contribution in [2.24, 2.45) is 0 Å². The molecule has 0 saturated carbocycles. The van der Waals surface area contributed by atoms with Crippen LogP contribution in [0.4, 0.5) is 5.69 Å². The van der Waals surface area contributed by atoms with Crippen molar-refractivity contribution in [3.63, 3.8) is 0 Å². The number of piperazine rings is 1. The van der Waals surface area contributed by atoms with E-state index in [9.17, 15) is 8.42 Å². The Bertz CT molecular complexity index is 911. The molecule has 140 valence electrons. The van der Waals surface area contributed by atoms with E-state index in [0.717, 1.165) is 49.3 Å². The largest absolute Gasteiger partial charge is 0.334 e. The molecule has 1 unspecified atom stereocenters. The van der Waals surface area contributed by atoms with Crippen molar-refractivity contribution in [1.29, 1.82) is 0 Å². The third-order valence-electron chi connectivity index (χ3n) is 5.05. The minimum atomic E-state index is -3.26. The number of nitrogens with one attached hydrogen (secondary N) is 1. The summed E-state index contributed by atoms with van der Waals surface area (Å²) in [6, 6.07) is 5.75. The molecule has 0 spiro atoms. The van der Waals surface area contributed by atoms with Crippen LogP contribution in [-0.4, -0.2) is 62.9 Å². The summed E-state index contributed by atoms with van der Waals surface area (Å²) >= 11 is 0. The molecule has 8 nitrogen and oxygen atoms in total. The summed E-state index contributed by atoms with van der Waals surface area (Å²) in [4.78, 5) is 6.79. The van der Waals surface area contributed by atoms with Crippen LogP contribution in [0.2, 0.25) is 0 Å². The first kappa shape index (κ1) is 17.4. The van der Waals surface area contributed by atoms with Crippen LogP contribution in [0.3, 0.4) is 0 Å². The van der Waals surface area contributed by atoms with Gasteiger partial charge in [0, 0.05) is 31.7 Å². The Morgan fingerprint density at radius 3 is 2.92 bits per heavy atom. The smallest absolute Gasteiger partial charge is 0.257 e. The van der Waals surface area contributed by atoms with Gasteiger partial charge in [0.25, 0.3) is 5.89 Å². The second-order valence-corrected chi connectivity index (χ2v) is 8.85. The Hall–Kier alpha value is -1.97. The molecule has 1 atom stereocenters. The summed E-state index contributed by atoms with van der Waals surface area (Å²) in [6.45, 7) is 3.22. The van der Waals surface area contributed by atoms with Crippen molar-refractivity contribution >= 4 is 15.7 Å². The lowest BCUT2D eigenvalue weighted by molar-refractivity contribution is 0.190. The van der Waals surface area contributed by atoms with E-state index in [1.165, 1.54) is 10.6 Å². The fourth-order valence-corrected chi connectivity index (χ4v) is 4.62.